The van der Waals surface area contributed by atoms with Crippen molar-refractivity contribution in [2.75, 3.05) is 23.8 Å². The maximum Gasteiger partial charge on any atom is 0.246 e. The van der Waals surface area contributed by atoms with E-state index in [1.54, 1.807) is 31.2 Å². The van der Waals surface area contributed by atoms with Crippen LogP contribution in [0.5, 0.6) is 11.5 Å². The lowest BCUT2D eigenvalue weighted by Crippen LogP contribution is -2.32. The van der Waals surface area contributed by atoms with Gasteiger partial charge in [-0.1, -0.05) is 18.2 Å². The normalized spacial score (nSPS) is 13.7. The van der Waals surface area contributed by atoms with E-state index >= 15 is 0 Å². The largest absolute Gasteiger partial charge is 0.486 e. The minimum atomic E-state index is -0.502. The summed E-state index contributed by atoms with van der Waals surface area (Å²) < 4.78 is 11.2. The molecule has 0 unspecified atom stereocenters. The predicted molar refractivity (Wildman–Crippen MR) is 95.6 cm³/mol. The van der Waals surface area contributed by atoms with Gasteiger partial charge in [-0.05, 0) is 38.1 Å². The van der Waals surface area contributed by atoms with Crippen molar-refractivity contribution in [3.8, 4) is 11.5 Å². The van der Waals surface area contributed by atoms with Gasteiger partial charge < -0.3 is 20.1 Å². The Labute approximate surface area is 146 Å². The maximum absolute atomic E-state index is 12.4. The molecule has 1 atom stereocenters. The van der Waals surface area contributed by atoms with Crippen molar-refractivity contribution < 1.29 is 19.1 Å². The van der Waals surface area contributed by atoms with Crippen LogP contribution < -0.4 is 20.1 Å². The molecule has 0 fully saturated rings. The molecule has 0 aliphatic carbocycles. The van der Waals surface area contributed by atoms with Gasteiger partial charge in [-0.25, -0.2) is 0 Å². The zero-order valence-corrected chi connectivity index (χ0v) is 14.2. The molecule has 2 aromatic rings. The van der Waals surface area contributed by atoms with Gasteiger partial charge in [0.15, 0.2) is 17.3 Å². The Morgan fingerprint density at radius 1 is 1.08 bits per heavy atom. The number of ether oxygens (including phenoxy) is 2. The molecule has 0 bridgehead atoms. The molecule has 1 amide bonds. The number of benzene rings is 2. The Bertz CT molecular complexity index is 804. The molecular formula is C19H20N2O4. The summed E-state index contributed by atoms with van der Waals surface area (Å²) in [7, 11) is 0. The number of fused-ring (bicyclic) bond motifs is 1. The topological polar surface area (TPSA) is 76.7 Å². The Hall–Kier alpha value is -3.02. The van der Waals surface area contributed by atoms with Gasteiger partial charge in [0.25, 0.3) is 0 Å². The molecule has 2 N–H and O–H groups in total. The molecule has 1 aliphatic rings. The number of hydrogen-bond donors (Lipinski definition) is 2. The van der Waals surface area contributed by atoms with Crippen molar-refractivity contribution >= 4 is 23.1 Å². The van der Waals surface area contributed by atoms with Gasteiger partial charge in [0, 0.05) is 11.3 Å². The van der Waals surface area contributed by atoms with E-state index in [-0.39, 0.29) is 11.7 Å². The van der Waals surface area contributed by atoms with Gasteiger partial charge in [-0.2, -0.15) is 0 Å². The van der Waals surface area contributed by atoms with Crippen LogP contribution in [0.25, 0.3) is 0 Å². The number of carbonyl (C=O) groups excluding carboxylic acids is 2. The van der Waals surface area contributed by atoms with Crippen LogP contribution >= 0.6 is 0 Å². The van der Waals surface area contributed by atoms with Gasteiger partial charge in [-0.3, -0.25) is 9.59 Å². The van der Waals surface area contributed by atoms with Gasteiger partial charge in [0.1, 0.15) is 19.3 Å². The highest BCUT2D eigenvalue weighted by Gasteiger charge is 2.19. The Morgan fingerprint density at radius 2 is 1.84 bits per heavy atom. The molecule has 1 heterocycles. The summed E-state index contributed by atoms with van der Waals surface area (Å²) in [5.74, 6) is 1.02. The summed E-state index contributed by atoms with van der Waals surface area (Å²) in [5, 5.41) is 5.95. The lowest BCUT2D eigenvalue weighted by atomic mass is 10.1. The highest BCUT2D eigenvalue weighted by molar-refractivity contribution is 5.99. The highest BCUT2D eigenvalue weighted by Crippen LogP contribution is 2.37. The molecule has 130 valence electrons. The Kier molecular flexibility index (Phi) is 4.88. The lowest BCUT2D eigenvalue weighted by molar-refractivity contribution is -0.116. The number of carbonyl (C=O) groups is 2. The number of rotatable bonds is 5. The van der Waals surface area contributed by atoms with Crippen molar-refractivity contribution in [3.05, 3.63) is 48.0 Å². The third-order valence-corrected chi connectivity index (χ3v) is 3.87. The fraction of sp³-hybridized carbons (Fsp3) is 0.263. The highest BCUT2D eigenvalue weighted by atomic mass is 16.6. The van der Waals surface area contributed by atoms with Crippen molar-refractivity contribution in [2.45, 2.75) is 19.9 Å². The zero-order chi connectivity index (χ0) is 17.8. The molecular weight excluding hydrogens is 320 g/mol. The SMILES string of the molecule is CC(=O)c1cccc(NC(=O)[C@@H](C)Nc2cccc3c2OCCO3)c1. The Balaban J connectivity index is 1.69. The van der Waals surface area contributed by atoms with Gasteiger partial charge in [-0.15, -0.1) is 0 Å². The quantitative estimate of drug-likeness (QED) is 0.818. The van der Waals surface area contributed by atoms with E-state index in [1.807, 2.05) is 18.2 Å². The molecule has 25 heavy (non-hydrogen) atoms. The number of para-hydroxylation sites is 1. The molecule has 0 saturated carbocycles. The summed E-state index contributed by atoms with van der Waals surface area (Å²) in [6, 6.07) is 11.9. The van der Waals surface area contributed by atoms with E-state index < -0.39 is 6.04 Å². The number of anilines is 2. The van der Waals surface area contributed by atoms with Crippen LogP contribution in [-0.2, 0) is 4.79 Å². The number of Topliss-reactive ketones (excluding diaryl/α,β-unsaturated/α-hetero) is 1. The predicted octanol–water partition coefficient (Wildman–Crippen LogP) is 3.10. The van der Waals surface area contributed by atoms with Crippen molar-refractivity contribution in [3.63, 3.8) is 0 Å². The molecule has 0 aromatic heterocycles. The molecule has 3 rings (SSSR count). The van der Waals surface area contributed by atoms with E-state index in [0.29, 0.717) is 41.7 Å². The first kappa shape index (κ1) is 16.8. The van der Waals surface area contributed by atoms with E-state index in [4.69, 9.17) is 9.47 Å². The molecule has 1 aliphatic heterocycles. The average Bonchev–Trinajstić information content (AvgIpc) is 2.62. The van der Waals surface area contributed by atoms with E-state index in [0.717, 1.165) is 0 Å². The van der Waals surface area contributed by atoms with E-state index in [9.17, 15) is 9.59 Å². The number of nitrogens with one attached hydrogen (secondary N) is 2. The fourth-order valence-corrected chi connectivity index (χ4v) is 2.55. The third kappa shape index (κ3) is 3.91. The first-order chi connectivity index (χ1) is 12.0. The lowest BCUT2D eigenvalue weighted by Gasteiger charge is -2.23. The van der Waals surface area contributed by atoms with Gasteiger partial charge in [0.2, 0.25) is 5.91 Å². The molecule has 0 saturated heterocycles. The summed E-state index contributed by atoms with van der Waals surface area (Å²) in [5.41, 5.74) is 1.85. The van der Waals surface area contributed by atoms with Crippen LogP contribution in [0.2, 0.25) is 0 Å². The first-order valence-corrected chi connectivity index (χ1v) is 8.11. The maximum atomic E-state index is 12.4. The fourth-order valence-electron chi connectivity index (χ4n) is 2.55. The van der Waals surface area contributed by atoms with Crippen LogP contribution in [0.1, 0.15) is 24.2 Å². The standard InChI is InChI=1S/C19H20N2O4/c1-12(19(23)21-15-6-3-5-14(11-15)13(2)22)20-16-7-4-8-17-18(16)25-10-9-24-17/h3-8,11-12,20H,9-10H2,1-2H3,(H,21,23)/t12-/m1/s1. The second-order valence-electron chi connectivity index (χ2n) is 5.82. The van der Waals surface area contributed by atoms with Crippen LogP contribution in [0.3, 0.4) is 0 Å². The number of ketones is 1. The van der Waals surface area contributed by atoms with Crippen molar-refractivity contribution in [2.24, 2.45) is 0 Å². The summed E-state index contributed by atoms with van der Waals surface area (Å²) >= 11 is 0. The van der Waals surface area contributed by atoms with E-state index in [1.165, 1.54) is 6.92 Å². The third-order valence-electron chi connectivity index (χ3n) is 3.87. The molecule has 6 nitrogen and oxygen atoms in total. The van der Waals surface area contributed by atoms with Gasteiger partial charge >= 0.3 is 0 Å². The van der Waals surface area contributed by atoms with Crippen LogP contribution in [-0.4, -0.2) is 30.9 Å². The first-order valence-electron chi connectivity index (χ1n) is 8.11. The smallest absolute Gasteiger partial charge is 0.246 e. The average molecular weight is 340 g/mol. The summed E-state index contributed by atoms with van der Waals surface area (Å²) in [6.07, 6.45) is 0. The zero-order valence-electron chi connectivity index (χ0n) is 14.2. The second kappa shape index (κ2) is 7.25. The van der Waals surface area contributed by atoms with E-state index in [2.05, 4.69) is 10.6 Å². The molecule has 0 spiro atoms. The van der Waals surface area contributed by atoms with Gasteiger partial charge in [0.05, 0.1) is 5.69 Å². The van der Waals surface area contributed by atoms with Crippen LogP contribution in [0, 0.1) is 0 Å². The minimum Gasteiger partial charge on any atom is -0.486 e. The molecule has 2 aromatic carbocycles. The van der Waals surface area contributed by atoms with Crippen LogP contribution in [0.15, 0.2) is 42.5 Å². The number of hydrogen-bond acceptors (Lipinski definition) is 5. The van der Waals surface area contributed by atoms with Crippen LogP contribution in [0.4, 0.5) is 11.4 Å². The summed E-state index contributed by atoms with van der Waals surface area (Å²) in [4.78, 5) is 23.9. The van der Waals surface area contributed by atoms with Crippen molar-refractivity contribution in [1.82, 2.24) is 0 Å². The molecule has 0 radical (unpaired) electrons. The van der Waals surface area contributed by atoms with Crippen molar-refractivity contribution in [1.29, 1.82) is 0 Å². The minimum absolute atomic E-state index is 0.0460. The second-order valence-corrected chi connectivity index (χ2v) is 5.82. The monoisotopic (exact) mass is 340 g/mol. The molecule has 6 heteroatoms. The summed E-state index contributed by atoms with van der Waals surface area (Å²) in [6.45, 7) is 4.24. The Morgan fingerprint density at radius 3 is 2.64 bits per heavy atom. The number of amides is 1.